The summed E-state index contributed by atoms with van der Waals surface area (Å²) in [5.74, 6) is 0.783. The zero-order valence-electron chi connectivity index (χ0n) is 15.0. The lowest BCUT2D eigenvalue weighted by Gasteiger charge is -2.11. The van der Waals surface area contributed by atoms with Crippen LogP contribution in [0.5, 0.6) is 0 Å². The minimum absolute atomic E-state index is 0.121. The normalized spacial score (nSPS) is 11.5. The Labute approximate surface area is 151 Å². The summed E-state index contributed by atoms with van der Waals surface area (Å²) in [4.78, 5) is 0. The SMILES string of the molecule is CC(C)CCNc1ccc(NS(=O)(=O)CCCc2ccccc2)cc1. The van der Waals surface area contributed by atoms with E-state index < -0.39 is 10.0 Å². The van der Waals surface area contributed by atoms with Gasteiger partial charge in [-0.3, -0.25) is 4.72 Å². The number of hydrogen-bond donors (Lipinski definition) is 2. The van der Waals surface area contributed by atoms with E-state index in [1.54, 1.807) is 12.1 Å². The Balaban J connectivity index is 1.79. The summed E-state index contributed by atoms with van der Waals surface area (Å²) in [5, 5.41) is 3.34. The van der Waals surface area contributed by atoms with Gasteiger partial charge in [0.1, 0.15) is 0 Å². The number of anilines is 2. The van der Waals surface area contributed by atoms with Crippen molar-refractivity contribution >= 4 is 21.4 Å². The first-order valence-electron chi connectivity index (χ1n) is 8.83. The summed E-state index contributed by atoms with van der Waals surface area (Å²) < 4.78 is 27.0. The quantitative estimate of drug-likeness (QED) is 0.655. The van der Waals surface area contributed by atoms with E-state index in [9.17, 15) is 8.42 Å². The molecule has 0 unspecified atom stereocenters. The van der Waals surface area contributed by atoms with Gasteiger partial charge in [-0.05, 0) is 55.0 Å². The number of nitrogens with one attached hydrogen (secondary N) is 2. The number of benzene rings is 2. The lowest BCUT2D eigenvalue weighted by molar-refractivity contribution is 0.598. The van der Waals surface area contributed by atoms with Crippen LogP contribution in [-0.2, 0) is 16.4 Å². The fourth-order valence-corrected chi connectivity index (χ4v) is 3.62. The third-order valence-electron chi connectivity index (χ3n) is 3.93. The highest BCUT2D eigenvalue weighted by Gasteiger charge is 2.10. The first-order valence-corrected chi connectivity index (χ1v) is 10.5. The van der Waals surface area contributed by atoms with Crippen molar-refractivity contribution < 1.29 is 8.42 Å². The minimum Gasteiger partial charge on any atom is -0.385 e. The van der Waals surface area contributed by atoms with Crippen molar-refractivity contribution in [3.05, 3.63) is 60.2 Å². The molecule has 2 N–H and O–H groups in total. The van der Waals surface area contributed by atoms with Gasteiger partial charge in [0, 0.05) is 17.9 Å². The molecule has 2 rings (SSSR count). The molecule has 0 fully saturated rings. The molecule has 0 amide bonds. The van der Waals surface area contributed by atoms with Crippen LogP contribution in [0.3, 0.4) is 0 Å². The molecule has 0 saturated carbocycles. The van der Waals surface area contributed by atoms with Crippen LogP contribution in [0.4, 0.5) is 11.4 Å². The summed E-state index contributed by atoms with van der Waals surface area (Å²) in [6.45, 7) is 5.30. The van der Waals surface area contributed by atoms with Gasteiger partial charge in [-0.25, -0.2) is 8.42 Å². The molecule has 0 saturated heterocycles. The fourth-order valence-electron chi connectivity index (χ4n) is 2.50. The Morgan fingerprint density at radius 1 is 0.920 bits per heavy atom. The Morgan fingerprint density at radius 2 is 1.56 bits per heavy atom. The maximum Gasteiger partial charge on any atom is 0.232 e. The van der Waals surface area contributed by atoms with Gasteiger partial charge in [0.15, 0.2) is 0 Å². The number of hydrogen-bond acceptors (Lipinski definition) is 3. The molecule has 0 aromatic heterocycles. The molecule has 0 atom stereocenters. The molecule has 0 spiro atoms. The molecule has 4 nitrogen and oxygen atoms in total. The molecule has 2 aromatic carbocycles. The molecular weight excluding hydrogens is 332 g/mol. The van der Waals surface area contributed by atoms with Gasteiger partial charge in [-0.15, -0.1) is 0 Å². The van der Waals surface area contributed by atoms with E-state index in [0.717, 1.165) is 30.6 Å². The Bertz CT molecular complexity index is 726. The average Bonchev–Trinajstić information content (AvgIpc) is 2.57. The summed E-state index contributed by atoms with van der Waals surface area (Å²) in [6.07, 6.45) is 2.48. The van der Waals surface area contributed by atoms with Gasteiger partial charge < -0.3 is 5.32 Å². The molecule has 2 aromatic rings. The molecule has 0 radical (unpaired) electrons. The van der Waals surface area contributed by atoms with E-state index >= 15 is 0 Å². The van der Waals surface area contributed by atoms with E-state index in [0.29, 0.717) is 18.0 Å². The Morgan fingerprint density at radius 3 is 2.20 bits per heavy atom. The van der Waals surface area contributed by atoms with E-state index in [4.69, 9.17) is 0 Å². The van der Waals surface area contributed by atoms with Crippen molar-refractivity contribution in [1.29, 1.82) is 0 Å². The minimum atomic E-state index is -3.32. The zero-order valence-corrected chi connectivity index (χ0v) is 15.9. The summed E-state index contributed by atoms with van der Waals surface area (Å²) >= 11 is 0. The largest absolute Gasteiger partial charge is 0.385 e. The second-order valence-electron chi connectivity index (χ2n) is 6.70. The summed E-state index contributed by atoms with van der Waals surface area (Å²) in [6, 6.07) is 17.3. The van der Waals surface area contributed by atoms with Crippen LogP contribution in [-0.4, -0.2) is 20.7 Å². The highest BCUT2D eigenvalue weighted by molar-refractivity contribution is 7.92. The first kappa shape index (κ1) is 19.3. The van der Waals surface area contributed by atoms with Crippen molar-refractivity contribution in [1.82, 2.24) is 0 Å². The van der Waals surface area contributed by atoms with Crippen molar-refractivity contribution in [2.75, 3.05) is 22.3 Å². The molecule has 0 aliphatic rings. The highest BCUT2D eigenvalue weighted by atomic mass is 32.2. The molecule has 0 aliphatic heterocycles. The van der Waals surface area contributed by atoms with Crippen LogP contribution in [0, 0.1) is 5.92 Å². The van der Waals surface area contributed by atoms with Crippen molar-refractivity contribution in [2.24, 2.45) is 5.92 Å². The van der Waals surface area contributed by atoms with E-state index in [2.05, 4.69) is 23.9 Å². The zero-order chi connectivity index (χ0) is 18.1. The second kappa shape index (κ2) is 9.47. The fraction of sp³-hybridized carbons (Fsp3) is 0.400. The van der Waals surface area contributed by atoms with Gasteiger partial charge >= 0.3 is 0 Å². The molecule has 0 heterocycles. The second-order valence-corrected chi connectivity index (χ2v) is 8.54. The van der Waals surface area contributed by atoms with Crippen LogP contribution >= 0.6 is 0 Å². The Kier molecular flexibility index (Phi) is 7.31. The van der Waals surface area contributed by atoms with Gasteiger partial charge in [0.25, 0.3) is 0 Å². The van der Waals surface area contributed by atoms with E-state index in [1.807, 2.05) is 42.5 Å². The molecular formula is C20H28N2O2S. The maximum absolute atomic E-state index is 12.2. The van der Waals surface area contributed by atoms with Crippen molar-refractivity contribution in [3.63, 3.8) is 0 Å². The number of rotatable bonds is 10. The topological polar surface area (TPSA) is 58.2 Å². The summed E-state index contributed by atoms with van der Waals surface area (Å²) in [7, 11) is -3.32. The van der Waals surface area contributed by atoms with Gasteiger partial charge in [0.05, 0.1) is 5.75 Å². The van der Waals surface area contributed by atoms with Crippen LogP contribution < -0.4 is 10.0 Å². The predicted molar refractivity (Wildman–Crippen MR) is 107 cm³/mol. The van der Waals surface area contributed by atoms with E-state index in [1.165, 1.54) is 0 Å². The standard InChI is InChI=1S/C20H28N2O2S/c1-17(2)14-15-21-19-10-12-20(13-11-19)22-25(23,24)16-6-9-18-7-4-3-5-8-18/h3-5,7-8,10-13,17,21-22H,6,9,14-16H2,1-2H3. The van der Waals surface area contributed by atoms with Crippen LogP contribution in [0.15, 0.2) is 54.6 Å². The monoisotopic (exact) mass is 360 g/mol. The van der Waals surface area contributed by atoms with Gasteiger partial charge in [-0.2, -0.15) is 0 Å². The Hall–Kier alpha value is -2.01. The van der Waals surface area contributed by atoms with Crippen LogP contribution in [0.2, 0.25) is 0 Å². The van der Waals surface area contributed by atoms with Crippen molar-refractivity contribution in [2.45, 2.75) is 33.1 Å². The maximum atomic E-state index is 12.2. The lowest BCUT2D eigenvalue weighted by atomic mass is 10.1. The highest BCUT2D eigenvalue weighted by Crippen LogP contribution is 2.16. The number of sulfonamides is 1. The molecule has 25 heavy (non-hydrogen) atoms. The van der Waals surface area contributed by atoms with Gasteiger partial charge in [-0.1, -0.05) is 44.2 Å². The third-order valence-corrected chi connectivity index (χ3v) is 5.30. The molecule has 5 heteroatoms. The van der Waals surface area contributed by atoms with Crippen LogP contribution in [0.25, 0.3) is 0 Å². The first-order chi connectivity index (χ1) is 11.9. The van der Waals surface area contributed by atoms with E-state index in [-0.39, 0.29) is 5.75 Å². The smallest absolute Gasteiger partial charge is 0.232 e. The van der Waals surface area contributed by atoms with Crippen LogP contribution in [0.1, 0.15) is 32.3 Å². The lowest BCUT2D eigenvalue weighted by Crippen LogP contribution is -2.17. The number of aryl methyl sites for hydroxylation is 1. The predicted octanol–water partition coefficient (Wildman–Crippen LogP) is 4.52. The van der Waals surface area contributed by atoms with Crippen molar-refractivity contribution in [3.8, 4) is 0 Å². The third kappa shape index (κ3) is 7.61. The molecule has 136 valence electrons. The van der Waals surface area contributed by atoms with Gasteiger partial charge in [0.2, 0.25) is 10.0 Å². The molecule has 0 bridgehead atoms. The average molecular weight is 361 g/mol. The summed E-state index contributed by atoms with van der Waals surface area (Å²) in [5.41, 5.74) is 2.77. The molecule has 0 aliphatic carbocycles.